The molecule has 0 spiro atoms. The van der Waals surface area contributed by atoms with Crippen molar-refractivity contribution in [3.63, 3.8) is 0 Å². The highest BCUT2D eigenvalue weighted by atomic mass is 35.5. The van der Waals surface area contributed by atoms with E-state index in [9.17, 15) is 8.42 Å². The van der Waals surface area contributed by atoms with Gasteiger partial charge in [0.15, 0.2) is 0 Å². The van der Waals surface area contributed by atoms with Gasteiger partial charge in [0.1, 0.15) is 0 Å². The highest BCUT2D eigenvalue weighted by Gasteiger charge is 2.28. The van der Waals surface area contributed by atoms with Crippen LogP contribution < -0.4 is 0 Å². The number of alkyl halides is 1. The average Bonchev–Trinajstić information content (AvgIpc) is 2.29. The number of nitrogens with zero attached hydrogens (tertiary/aromatic N) is 2. The fraction of sp³-hybridized carbons (Fsp3) is 1.00. The third-order valence-corrected chi connectivity index (χ3v) is 5.56. The minimum Gasteiger partial charge on any atom is -0.306 e. The summed E-state index contributed by atoms with van der Waals surface area (Å²) in [6.07, 6.45) is 3.30. The Bertz CT molecular complexity index is 311. The third kappa shape index (κ3) is 4.73. The van der Waals surface area contributed by atoms with Crippen LogP contribution in [0.2, 0.25) is 0 Å². The van der Waals surface area contributed by atoms with Crippen molar-refractivity contribution in [2.75, 3.05) is 38.8 Å². The molecule has 1 aliphatic heterocycles. The molecule has 0 bridgehead atoms. The fourth-order valence-corrected chi connectivity index (χ4v) is 3.93. The quantitative estimate of drug-likeness (QED) is 0.546. The molecule has 0 unspecified atom stereocenters. The van der Waals surface area contributed by atoms with Crippen LogP contribution in [0.1, 0.15) is 25.7 Å². The monoisotopic (exact) mass is 282 g/mol. The van der Waals surface area contributed by atoms with Crippen molar-refractivity contribution in [3.8, 4) is 0 Å². The van der Waals surface area contributed by atoms with Gasteiger partial charge in [0.05, 0.1) is 5.75 Å². The molecule has 0 aromatic rings. The van der Waals surface area contributed by atoms with Gasteiger partial charge in [0.2, 0.25) is 10.0 Å². The van der Waals surface area contributed by atoms with E-state index in [2.05, 4.69) is 19.0 Å². The van der Waals surface area contributed by atoms with E-state index in [1.165, 1.54) is 0 Å². The molecule has 4 nitrogen and oxygen atoms in total. The van der Waals surface area contributed by atoms with E-state index in [-0.39, 0.29) is 5.75 Å². The summed E-state index contributed by atoms with van der Waals surface area (Å²) in [5.41, 5.74) is 0. The maximum absolute atomic E-state index is 12.0. The predicted octanol–water partition coefficient (Wildman–Crippen LogP) is 1.36. The molecule has 1 heterocycles. The standard InChI is InChI=1S/C11H23ClN2O2S/c1-13(2)11-5-8-14(9-6-11)17(15,16)10-4-3-7-12/h11H,3-10H2,1-2H3. The van der Waals surface area contributed by atoms with E-state index < -0.39 is 10.0 Å². The second kappa shape index (κ2) is 6.92. The number of hydrogen-bond donors (Lipinski definition) is 0. The first-order valence-electron chi connectivity index (χ1n) is 6.17. The van der Waals surface area contributed by atoms with E-state index in [1.807, 2.05) is 0 Å². The van der Waals surface area contributed by atoms with Crippen LogP contribution in [-0.2, 0) is 10.0 Å². The highest BCUT2D eigenvalue weighted by molar-refractivity contribution is 7.89. The van der Waals surface area contributed by atoms with Crippen molar-refractivity contribution in [1.29, 1.82) is 0 Å². The largest absolute Gasteiger partial charge is 0.306 e. The number of unbranched alkanes of at least 4 members (excludes halogenated alkanes) is 1. The summed E-state index contributed by atoms with van der Waals surface area (Å²) in [7, 11) is 1.05. The zero-order valence-electron chi connectivity index (χ0n) is 10.7. The van der Waals surface area contributed by atoms with Crippen molar-refractivity contribution < 1.29 is 8.42 Å². The van der Waals surface area contributed by atoms with Gasteiger partial charge < -0.3 is 4.90 Å². The molecule has 0 radical (unpaired) electrons. The lowest BCUT2D eigenvalue weighted by Gasteiger charge is -2.34. The van der Waals surface area contributed by atoms with E-state index in [4.69, 9.17) is 11.6 Å². The molecule has 0 amide bonds. The molecule has 0 aromatic carbocycles. The van der Waals surface area contributed by atoms with Gasteiger partial charge in [-0.3, -0.25) is 0 Å². The van der Waals surface area contributed by atoms with Crippen LogP contribution in [0.4, 0.5) is 0 Å². The summed E-state index contributed by atoms with van der Waals surface area (Å²) in [6, 6.07) is 0.518. The third-order valence-electron chi connectivity index (χ3n) is 3.33. The summed E-state index contributed by atoms with van der Waals surface area (Å²) in [6.45, 7) is 1.32. The number of piperidine rings is 1. The highest BCUT2D eigenvalue weighted by Crippen LogP contribution is 2.18. The Morgan fingerprint density at radius 1 is 1.24 bits per heavy atom. The Morgan fingerprint density at radius 2 is 1.82 bits per heavy atom. The molecule has 1 aliphatic rings. The second-order valence-electron chi connectivity index (χ2n) is 4.81. The Kier molecular flexibility index (Phi) is 6.20. The van der Waals surface area contributed by atoms with Gasteiger partial charge in [-0.1, -0.05) is 0 Å². The topological polar surface area (TPSA) is 40.6 Å². The first kappa shape index (κ1) is 15.2. The molecule has 1 fully saturated rings. The van der Waals surface area contributed by atoms with Crippen molar-refractivity contribution >= 4 is 21.6 Å². The number of sulfonamides is 1. The molecule has 0 saturated carbocycles. The summed E-state index contributed by atoms with van der Waals surface area (Å²) in [5.74, 6) is 0.782. The number of rotatable bonds is 6. The molecule has 17 heavy (non-hydrogen) atoms. The number of halogens is 1. The fourth-order valence-electron chi connectivity index (χ4n) is 2.14. The zero-order chi connectivity index (χ0) is 12.9. The molecule has 0 aliphatic carbocycles. The molecule has 1 rings (SSSR count). The van der Waals surface area contributed by atoms with Crippen LogP contribution in [0.5, 0.6) is 0 Å². The second-order valence-corrected chi connectivity index (χ2v) is 7.27. The van der Waals surface area contributed by atoms with Gasteiger partial charge in [-0.25, -0.2) is 12.7 Å². The molecule has 6 heteroatoms. The Balaban J connectivity index is 2.41. The lowest BCUT2D eigenvalue weighted by Crippen LogP contribution is -2.45. The number of hydrogen-bond acceptors (Lipinski definition) is 3. The van der Waals surface area contributed by atoms with Crippen molar-refractivity contribution in [1.82, 2.24) is 9.21 Å². The van der Waals surface area contributed by atoms with E-state index in [0.717, 1.165) is 19.3 Å². The summed E-state index contributed by atoms with van der Waals surface area (Å²) in [5, 5.41) is 0. The maximum Gasteiger partial charge on any atom is 0.214 e. The van der Waals surface area contributed by atoms with Crippen LogP contribution in [0, 0.1) is 0 Å². The maximum atomic E-state index is 12.0. The lowest BCUT2D eigenvalue weighted by molar-refractivity contribution is 0.196. The summed E-state index contributed by atoms with van der Waals surface area (Å²) < 4.78 is 25.7. The van der Waals surface area contributed by atoms with Gasteiger partial charge in [0.25, 0.3) is 0 Å². The molecule has 102 valence electrons. The summed E-state index contributed by atoms with van der Waals surface area (Å²) >= 11 is 5.56. The van der Waals surface area contributed by atoms with Crippen molar-refractivity contribution in [3.05, 3.63) is 0 Å². The first-order valence-corrected chi connectivity index (χ1v) is 8.32. The van der Waals surface area contributed by atoms with Crippen molar-refractivity contribution in [2.45, 2.75) is 31.7 Å². The van der Waals surface area contributed by atoms with E-state index in [0.29, 0.717) is 31.4 Å². The minimum absolute atomic E-state index is 0.242. The average molecular weight is 283 g/mol. The first-order chi connectivity index (χ1) is 7.97. The SMILES string of the molecule is CN(C)C1CCN(S(=O)(=O)CCCCCl)CC1. The van der Waals surface area contributed by atoms with Gasteiger partial charge in [-0.15, -0.1) is 11.6 Å². The van der Waals surface area contributed by atoms with Gasteiger partial charge >= 0.3 is 0 Å². The van der Waals surface area contributed by atoms with Crippen LogP contribution >= 0.6 is 11.6 Å². The minimum atomic E-state index is -3.05. The van der Waals surface area contributed by atoms with E-state index in [1.54, 1.807) is 4.31 Å². The Morgan fingerprint density at radius 3 is 2.29 bits per heavy atom. The van der Waals surface area contributed by atoms with Crippen LogP contribution in [0.15, 0.2) is 0 Å². The molecule has 0 atom stereocenters. The molecule has 1 saturated heterocycles. The molecule has 0 N–H and O–H groups in total. The van der Waals surface area contributed by atoms with E-state index >= 15 is 0 Å². The van der Waals surface area contributed by atoms with Crippen molar-refractivity contribution in [2.24, 2.45) is 0 Å². The summed E-state index contributed by atoms with van der Waals surface area (Å²) in [4.78, 5) is 2.18. The molecular formula is C11H23ClN2O2S. The van der Waals surface area contributed by atoms with Crippen LogP contribution in [-0.4, -0.2) is 62.5 Å². The Labute approximate surface area is 110 Å². The normalized spacial score (nSPS) is 20.0. The van der Waals surface area contributed by atoms with Gasteiger partial charge in [0, 0.05) is 25.0 Å². The lowest BCUT2D eigenvalue weighted by atomic mass is 10.1. The predicted molar refractivity (Wildman–Crippen MR) is 72.0 cm³/mol. The Hall–Kier alpha value is 0.160. The smallest absolute Gasteiger partial charge is 0.214 e. The van der Waals surface area contributed by atoms with Crippen LogP contribution in [0.3, 0.4) is 0 Å². The van der Waals surface area contributed by atoms with Gasteiger partial charge in [-0.2, -0.15) is 0 Å². The zero-order valence-corrected chi connectivity index (χ0v) is 12.3. The van der Waals surface area contributed by atoms with Gasteiger partial charge in [-0.05, 0) is 39.8 Å². The molecule has 0 aromatic heterocycles. The van der Waals surface area contributed by atoms with Crippen LogP contribution in [0.25, 0.3) is 0 Å². The molecular weight excluding hydrogens is 260 g/mol.